The lowest BCUT2D eigenvalue weighted by atomic mass is 9.98. The number of aryl methyl sites for hydroxylation is 1. The average molecular weight is 246 g/mol. The third-order valence-corrected chi connectivity index (χ3v) is 4.31. The molecule has 0 aromatic heterocycles. The monoisotopic (exact) mass is 246 g/mol. The van der Waals surface area contributed by atoms with Gasteiger partial charge in [0.1, 0.15) is 12.4 Å². The van der Waals surface area contributed by atoms with Crippen molar-refractivity contribution < 1.29 is 9.47 Å². The molecule has 1 spiro atoms. The molecule has 2 aliphatic rings. The molecule has 1 aliphatic heterocycles. The molecule has 18 heavy (non-hydrogen) atoms. The highest BCUT2D eigenvalue weighted by atomic mass is 16.6. The molecule has 1 aromatic rings. The predicted molar refractivity (Wildman–Crippen MR) is 72.0 cm³/mol. The van der Waals surface area contributed by atoms with Crippen LogP contribution in [0.3, 0.4) is 0 Å². The highest BCUT2D eigenvalue weighted by Crippen LogP contribution is 2.43. The Kier molecular flexibility index (Phi) is 3.29. The van der Waals surface area contributed by atoms with E-state index in [0.29, 0.717) is 12.7 Å². The van der Waals surface area contributed by atoms with Gasteiger partial charge in [0.15, 0.2) is 0 Å². The van der Waals surface area contributed by atoms with E-state index in [0.717, 1.165) is 12.2 Å². The highest BCUT2D eigenvalue weighted by molar-refractivity contribution is 5.26. The van der Waals surface area contributed by atoms with Crippen LogP contribution in [0.25, 0.3) is 0 Å². The van der Waals surface area contributed by atoms with Gasteiger partial charge in [-0.2, -0.15) is 0 Å². The Morgan fingerprint density at radius 1 is 1.17 bits per heavy atom. The molecule has 2 nitrogen and oxygen atoms in total. The largest absolute Gasteiger partial charge is 0.491 e. The lowest BCUT2D eigenvalue weighted by Crippen LogP contribution is -2.27. The van der Waals surface area contributed by atoms with Crippen molar-refractivity contribution in [3.8, 4) is 5.75 Å². The van der Waals surface area contributed by atoms with E-state index < -0.39 is 0 Å². The van der Waals surface area contributed by atoms with E-state index in [1.54, 1.807) is 0 Å². The summed E-state index contributed by atoms with van der Waals surface area (Å²) in [6.07, 6.45) is 7.88. The third-order valence-electron chi connectivity index (χ3n) is 4.31. The summed E-state index contributed by atoms with van der Waals surface area (Å²) in [5.74, 6) is 0.955. The first kappa shape index (κ1) is 12.0. The summed E-state index contributed by atoms with van der Waals surface area (Å²) in [6.45, 7) is 2.79. The Bertz CT molecular complexity index is 390. The summed E-state index contributed by atoms with van der Waals surface area (Å²) in [7, 11) is 0. The maximum Gasteiger partial charge on any atom is 0.119 e. The van der Waals surface area contributed by atoms with Crippen LogP contribution >= 0.6 is 0 Å². The second-order valence-electron chi connectivity index (χ2n) is 5.79. The predicted octanol–water partition coefficient (Wildman–Crippen LogP) is 3.87. The Balaban J connectivity index is 1.51. The molecule has 0 amide bonds. The quantitative estimate of drug-likeness (QED) is 0.806. The van der Waals surface area contributed by atoms with Crippen LogP contribution in [0.5, 0.6) is 5.75 Å². The zero-order chi connectivity index (χ0) is 12.4. The lowest BCUT2D eigenvalue weighted by molar-refractivity contribution is -0.0508. The fourth-order valence-corrected chi connectivity index (χ4v) is 3.22. The third kappa shape index (κ3) is 2.54. The molecule has 1 aliphatic carbocycles. The standard InChI is InChI=1S/C16H22O2/c1-13-4-6-14(7-5-13)17-12-15-8-11-16(18-15)9-2-3-10-16/h4-7,15H,2-3,8-12H2,1H3. The normalized spacial score (nSPS) is 25.7. The summed E-state index contributed by atoms with van der Waals surface area (Å²) in [6, 6.07) is 8.25. The SMILES string of the molecule is Cc1ccc(OCC2CCC3(CCCC3)O2)cc1. The van der Waals surface area contributed by atoms with Crippen molar-refractivity contribution in [2.45, 2.75) is 57.2 Å². The van der Waals surface area contributed by atoms with Crippen LogP contribution in [-0.4, -0.2) is 18.3 Å². The van der Waals surface area contributed by atoms with Crippen molar-refractivity contribution in [1.29, 1.82) is 0 Å². The molecule has 1 unspecified atom stereocenters. The minimum absolute atomic E-state index is 0.224. The number of benzene rings is 1. The number of hydrogen-bond donors (Lipinski definition) is 0. The van der Waals surface area contributed by atoms with Crippen molar-refractivity contribution in [3.05, 3.63) is 29.8 Å². The molecule has 3 rings (SSSR count). The summed E-state index contributed by atoms with van der Waals surface area (Å²) in [5.41, 5.74) is 1.49. The maximum atomic E-state index is 6.23. The minimum atomic E-state index is 0.224. The fourth-order valence-electron chi connectivity index (χ4n) is 3.22. The van der Waals surface area contributed by atoms with E-state index in [1.807, 2.05) is 12.1 Å². The van der Waals surface area contributed by atoms with Crippen LogP contribution in [0.1, 0.15) is 44.1 Å². The maximum absolute atomic E-state index is 6.23. The molecule has 1 saturated heterocycles. The van der Waals surface area contributed by atoms with Crippen molar-refractivity contribution in [2.75, 3.05) is 6.61 Å². The second-order valence-corrected chi connectivity index (χ2v) is 5.79. The number of hydrogen-bond acceptors (Lipinski definition) is 2. The molecule has 1 heterocycles. The summed E-state index contributed by atoms with van der Waals surface area (Å²) in [4.78, 5) is 0. The Labute approximate surface area is 109 Å². The van der Waals surface area contributed by atoms with Crippen LogP contribution in [0.4, 0.5) is 0 Å². The molecule has 1 atom stereocenters. The molecule has 0 N–H and O–H groups in total. The smallest absolute Gasteiger partial charge is 0.119 e. The Hall–Kier alpha value is -1.02. The van der Waals surface area contributed by atoms with Gasteiger partial charge in [0, 0.05) is 0 Å². The van der Waals surface area contributed by atoms with Crippen LogP contribution in [-0.2, 0) is 4.74 Å². The number of rotatable bonds is 3. The molecule has 1 saturated carbocycles. The first-order valence-electron chi connectivity index (χ1n) is 7.13. The van der Waals surface area contributed by atoms with Crippen molar-refractivity contribution in [2.24, 2.45) is 0 Å². The van der Waals surface area contributed by atoms with Gasteiger partial charge in [-0.3, -0.25) is 0 Å². The summed E-state index contributed by atoms with van der Waals surface area (Å²) in [5, 5.41) is 0. The molecular formula is C16H22O2. The van der Waals surface area contributed by atoms with Crippen LogP contribution < -0.4 is 4.74 Å². The van der Waals surface area contributed by atoms with Crippen molar-refractivity contribution >= 4 is 0 Å². The van der Waals surface area contributed by atoms with E-state index >= 15 is 0 Å². The molecule has 0 radical (unpaired) electrons. The first-order chi connectivity index (χ1) is 8.76. The van der Waals surface area contributed by atoms with Crippen LogP contribution in [0.2, 0.25) is 0 Å². The lowest BCUT2D eigenvalue weighted by Gasteiger charge is -2.23. The average Bonchev–Trinajstić information content (AvgIpc) is 3.00. The van der Waals surface area contributed by atoms with Crippen LogP contribution in [0, 0.1) is 6.92 Å². The van der Waals surface area contributed by atoms with E-state index in [1.165, 1.54) is 37.7 Å². The van der Waals surface area contributed by atoms with Gasteiger partial charge in [-0.1, -0.05) is 30.5 Å². The molecule has 0 bridgehead atoms. The topological polar surface area (TPSA) is 18.5 Å². The molecule has 98 valence electrons. The van der Waals surface area contributed by atoms with Crippen molar-refractivity contribution in [1.82, 2.24) is 0 Å². The van der Waals surface area contributed by atoms with Gasteiger partial charge in [0.25, 0.3) is 0 Å². The fraction of sp³-hybridized carbons (Fsp3) is 0.625. The van der Waals surface area contributed by atoms with E-state index in [4.69, 9.17) is 9.47 Å². The minimum Gasteiger partial charge on any atom is -0.491 e. The van der Waals surface area contributed by atoms with Gasteiger partial charge in [0.05, 0.1) is 11.7 Å². The first-order valence-corrected chi connectivity index (χ1v) is 7.13. The van der Waals surface area contributed by atoms with E-state index in [9.17, 15) is 0 Å². The molecule has 2 heteroatoms. The summed E-state index contributed by atoms with van der Waals surface area (Å²) >= 11 is 0. The van der Waals surface area contributed by atoms with E-state index in [-0.39, 0.29) is 5.60 Å². The van der Waals surface area contributed by atoms with Gasteiger partial charge in [-0.05, 0) is 44.7 Å². The van der Waals surface area contributed by atoms with Gasteiger partial charge in [-0.15, -0.1) is 0 Å². The molecule has 1 aromatic carbocycles. The molecular weight excluding hydrogens is 224 g/mol. The van der Waals surface area contributed by atoms with Gasteiger partial charge >= 0.3 is 0 Å². The van der Waals surface area contributed by atoms with Crippen LogP contribution in [0.15, 0.2) is 24.3 Å². The Morgan fingerprint density at radius 3 is 2.61 bits per heavy atom. The number of ether oxygens (including phenoxy) is 2. The van der Waals surface area contributed by atoms with Crippen molar-refractivity contribution in [3.63, 3.8) is 0 Å². The van der Waals surface area contributed by atoms with Gasteiger partial charge in [-0.25, -0.2) is 0 Å². The molecule has 2 fully saturated rings. The van der Waals surface area contributed by atoms with Gasteiger partial charge in [0.2, 0.25) is 0 Å². The van der Waals surface area contributed by atoms with Gasteiger partial charge < -0.3 is 9.47 Å². The zero-order valence-electron chi connectivity index (χ0n) is 11.2. The second kappa shape index (κ2) is 4.93. The van der Waals surface area contributed by atoms with E-state index in [2.05, 4.69) is 19.1 Å². The summed E-state index contributed by atoms with van der Waals surface area (Å²) < 4.78 is 12.1. The highest BCUT2D eigenvalue weighted by Gasteiger charge is 2.42. The Morgan fingerprint density at radius 2 is 1.89 bits per heavy atom. The zero-order valence-corrected chi connectivity index (χ0v) is 11.2.